The van der Waals surface area contributed by atoms with Gasteiger partial charge in [0.15, 0.2) is 0 Å². The molecule has 0 atom stereocenters. The van der Waals surface area contributed by atoms with Crippen LogP contribution in [0.25, 0.3) is 0 Å². The van der Waals surface area contributed by atoms with Gasteiger partial charge in [0.25, 0.3) is 5.91 Å². The Morgan fingerprint density at radius 2 is 1.96 bits per heavy atom. The molecule has 0 saturated heterocycles. The normalized spacial score (nSPS) is 10.3. The molecule has 0 spiro atoms. The van der Waals surface area contributed by atoms with Gasteiger partial charge in [0.1, 0.15) is 23.8 Å². The zero-order chi connectivity index (χ0) is 17.5. The first-order valence-electron chi connectivity index (χ1n) is 7.47. The molecule has 0 saturated carbocycles. The highest BCUT2D eigenvalue weighted by molar-refractivity contribution is 9.10. The van der Waals surface area contributed by atoms with Crippen LogP contribution in [-0.2, 0) is 0 Å². The third kappa shape index (κ3) is 5.23. The largest absolute Gasteiger partial charge is 0.368 e. The maximum Gasteiger partial charge on any atom is 0.261 e. The lowest BCUT2D eigenvalue weighted by Gasteiger charge is -2.08. The summed E-state index contributed by atoms with van der Waals surface area (Å²) in [5, 5.41) is 11.0. The van der Waals surface area contributed by atoms with E-state index >= 15 is 0 Å². The molecule has 3 aromatic heterocycles. The van der Waals surface area contributed by atoms with Gasteiger partial charge in [-0.2, -0.15) is 0 Å². The number of halogens is 1. The molecular formula is C16H15BrN6OS. The van der Waals surface area contributed by atoms with E-state index in [9.17, 15) is 4.79 Å². The van der Waals surface area contributed by atoms with E-state index in [1.165, 1.54) is 17.7 Å². The fraction of sp³-hybridized carbons (Fsp3) is 0.125. The standard InChI is InChI=1S/C16H15BrN6OS/c17-11-7-12(25-9-11)16(24)20-6-5-19-14-8-15(22-10-21-14)23-13-3-1-2-4-18-13/h1-4,7-10H,5-6H2,(H,20,24)(H2,18,19,21,22,23). The SMILES string of the molecule is O=C(NCCNc1cc(Nc2ccccn2)ncn1)c1cc(Br)cs1. The molecule has 3 heterocycles. The number of nitrogens with one attached hydrogen (secondary N) is 3. The number of hydrogen-bond acceptors (Lipinski definition) is 7. The third-order valence-electron chi connectivity index (χ3n) is 3.10. The van der Waals surface area contributed by atoms with Gasteiger partial charge in [0, 0.05) is 35.2 Å². The maximum atomic E-state index is 11.9. The quantitative estimate of drug-likeness (QED) is 0.509. The van der Waals surface area contributed by atoms with Crippen LogP contribution in [-0.4, -0.2) is 33.9 Å². The van der Waals surface area contributed by atoms with Crippen molar-refractivity contribution in [1.82, 2.24) is 20.3 Å². The van der Waals surface area contributed by atoms with Crippen molar-refractivity contribution in [2.75, 3.05) is 23.7 Å². The zero-order valence-corrected chi connectivity index (χ0v) is 15.5. The molecule has 0 bridgehead atoms. The maximum absolute atomic E-state index is 11.9. The molecule has 1 amide bonds. The van der Waals surface area contributed by atoms with Gasteiger partial charge in [0.05, 0.1) is 4.88 Å². The van der Waals surface area contributed by atoms with Crippen LogP contribution in [0.15, 0.2) is 52.7 Å². The molecular weight excluding hydrogens is 404 g/mol. The lowest BCUT2D eigenvalue weighted by atomic mass is 10.4. The summed E-state index contributed by atoms with van der Waals surface area (Å²) in [6.45, 7) is 1.04. The summed E-state index contributed by atoms with van der Waals surface area (Å²) >= 11 is 4.74. The molecule has 3 aromatic rings. The van der Waals surface area contributed by atoms with Crippen LogP contribution < -0.4 is 16.0 Å². The van der Waals surface area contributed by atoms with Crippen molar-refractivity contribution < 1.29 is 4.79 Å². The average Bonchev–Trinajstić information content (AvgIpc) is 3.06. The lowest BCUT2D eigenvalue weighted by Crippen LogP contribution is -2.28. The van der Waals surface area contributed by atoms with Crippen molar-refractivity contribution in [3.63, 3.8) is 0 Å². The molecule has 0 radical (unpaired) electrons. The molecule has 0 aromatic carbocycles. The molecule has 0 aliphatic carbocycles. The Hall–Kier alpha value is -2.52. The first-order valence-corrected chi connectivity index (χ1v) is 9.14. The molecule has 25 heavy (non-hydrogen) atoms. The van der Waals surface area contributed by atoms with Crippen molar-refractivity contribution >= 4 is 50.6 Å². The highest BCUT2D eigenvalue weighted by Gasteiger charge is 2.07. The van der Waals surface area contributed by atoms with E-state index in [0.29, 0.717) is 35.4 Å². The third-order valence-corrected chi connectivity index (χ3v) is 4.79. The summed E-state index contributed by atoms with van der Waals surface area (Å²) in [7, 11) is 0. The molecule has 128 valence electrons. The number of carbonyl (C=O) groups is 1. The van der Waals surface area contributed by atoms with Crippen molar-refractivity contribution in [2.45, 2.75) is 0 Å². The first-order chi connectivity index (χ1) is 12.2. The van der Waals surface area contributed by atoms with E-state index in [2.05, 4.69) is 46.8 Å². The fourth-order valence-electron chi connectivity index (χ4n) is 1.98. The van der Waals surface area contributed by atoms with Gasteiger partial charge in [0.2, 0.25) is 0 Å². The highest BCUT2D eigenvalue weighted by atomic mass is 79.9. The highest BCUT2D eigenvalue weighted by Crippen LogP contribution is 2.19. The molecule has 0 unspecified atom stereocenters. The van der Waals surface area contributed by atoms with Crippen molar-refractivity contribution in [1.29, 1.82) is 0 Å². The number of carbonyl (C=O) groups excluding carboxylic acids is 1. The van der Waals surface area contributed by atoms with E-state index in [-0.39, 0.29) is 5.91 Å². The summed E-state index contributed by atoms with van der Waals surface area (Å²) in [4.78, 5) is 25.1. The number of nitrogens with zero attached hydrogens (tertiary/aromatic N) is 3. The Morgan fingerprint density at radius 3 is 2.72 bits per heavy atom. The number of rotatable bonds is 7. The number of amides is 1. The fourth-order valence-corrected chi connectivity index (χ4v) is 3.32. The predicted molar refractivity (Wildman–Crippen MR) is 102 cm³/mol. The van der Waals surface area contributed by atoms with E-state index < -0.39 is 0 Å². The lowest BCUT2D eigenvalue weighted by molar-refractivity contribution is 0.0959. The van der Waals surface area contributed by atoms with Gasteiger partial charge in [-0.05, 0) is 34.1 Å². The van der Waals surface area contributed by atoms with Gasteiger partial charge in [-0.15, -0.1) is 11.3 Å². The number of anilines is 3. The summed E-state index contributed by atoms with van der Waals surface area (Å²) in [5.41, 5.74) is 0. The van der Waals surface area contributed by atoms with Crippen molar-refractivity contribution in [2.24, 2.45) is 0 Å². The minimum atomic E-state index is -0.0855. The molecule has 3 N–H and O–H groups in total. The number of thiophene rings is 1. The summed E-state index contributed by atoms with van der Waals surface area (Å²) in [5.74, 6) is 1.93. The molecule has 9 heteroatoms. The van der Waals surface area contributed by atoms with Gasteiger partial charge < -0.3 is 16.0 Å². The molecule has 3 rings (SSSR count). The molecule has 7 nitrogen and oxygen atoms in total. The second kappa shape index (κ2) is 8.54. The van der Waals surface area contributed by atoms with Gasteiger partial charge in [-0.1, -0.05) is 6.07 Å². The summed E-state index contributed by atoms with van der Waals surface area (Å²) in [6, 6.07) is 9.18. The number of aromatic nitrogens is 3. The van der Waals surface area contributed by atoms with Crippen LogP contribution in [0.2, 0.25) is 0 Å². The van der Waals surface area contributed by atoms with Crippen LogP contribution in [0.1, 0.15) is 9.67 Å². The zero-order valence-electron chi connectivity index (χ0n) is 13.1. The van der Waals surface area contributed by atoms with E-state index in [4.69, 9.17) is 0 Å². The monoisotopic (exact) mass is 418 g/mol. The Balaban J connectivity index is 1.47. The minimum absolute atomic E-state index is 0.0855. The van der Waals surface area contributed by atoms with E-state index in [0.717, 1.165) is 4.47 Å². The van der Waals surface area contributed by atoms with E-state index in [1.807, 2.05) is 23.6 Å². The second-order valence-corrected chi connectivity index (χ2v) is 6.77. The average molecular weight is 419 g/mol. The molecule has 0 aliphatic heterocycles. The minimum Gasteiger partial charge on any atom is -0.368 e. The second-order valence-electron chi connectivity index (χ2n) is 4.94. The van der Waals surface area contributed by atoms with Crippen molar-refractivity contribution in [3.05, 3.63) is 57.6 Å². The van der Waals surface area contributed by atoms with Crippen LogP contribution in [0.4, 0.5) is 17.5 Å². The Bertz CT molecular complexity index is 841. The number of hydrogen-bond donors (Lipinski definition) is 3. The van der Waals surface area contributed by atoms with Gasteiger partial charge >= 0.3 is 0 Å². The Morgan fingerprint density at radius 1 is 1.08 bits per heavy atom. The number of pyridine rings is 1. The first kappa shape index (κ1) is 17.3. The topological polar surface area (TPSA) is 91.8 Å². The summed E-state index contributed by atoms with van der Waals surface area (Å²) in [6.07, 6.45) is 3.17. The Labute approximate surface area is 157 Å². The van der Waals surface area contributed by atoms with Crippen molar-refractivity contribution in [3.8, 4) is 0 Å². The van der Waals surface area contributed by atoms with Gasteiger partial charge in [-0.25, -0.2) is 15.0 Å². The predicted octanol–water partition coefficient (Wildman–Crippen LogP) is 3.28. The smallest absolute Gasteiger partial charge is 0.261 e. The molecule has 0 aliphatic rings. The summed E-state index contributed by atoms with van der Waals surface area (Å²) < 4.78 is 0.912. The van der Waals surface area contributed by atoms with E-state index in [1.54, 1.807) is 18.3 Å². The van der Waals surface area contributed by atoms with Gasteiger partial charge in [-0.3, -0.25) is 4.79 Å². The van der Waals surface area contributed by atoms with Crippen LogP contribution in [0.5, 0.6) is 0 Å². The van der Waals surface area contributed by atoms with Crippen LogP contribution >= 0.6 is 27.3 Å². The van der Waals surface area contributed by atoms with Crippen LogP contribution in [0.3, 0.4) is 0 Å². The molecule has 0 fully saturated rings. The van der Waals surface area contributed by atoms with Crippen LogP contribution in [0, 0.1) is 0 Å². The Kier molecular flexibility index (Phi) is 5.91.